The molecule has 2 aromatic rings. The van der Waals surface area contributed by atoms with Crippen LogP contribution < -0.4 is 5.32 Å². The van der Waals surface area contributed by atoms with E-state index in [1.54, 1.807) is 6.07 Å². The highest BCUT2D eigenvalue weighted by Crippen LogP contribution is 2.28. The Labute approximate surface area is 149 Å². The summed E-state index contributed by atoms with van der Waals surface area (Å²) < 4.78 is 0. The Bertz CT molecular complexity index is 826. The third kappa shape index (κ3) is 3.52. The Balaban J connectivity index is 0.000000613. The molecule has 1 amide bonds. The first-order chi connectivity index (χ1) is 12.5. The van der Waals surface area contributed by atoms with Gasteiger partial charge < -0.3 is 20.4 Å². The van der Waals surface area contributed by atoms with E-state index in [-0.39, 0.29) is 24.0 Å². The van der Waals surface area contributed by atoms with E-state index in [0.717, 1.165) is 32.5 Å². The molecule has 1 aromatic heterocycles. The summed E-state index contributed by atoms with van der Waals surface area (Å²) in [4.78, 5) is 34.3. The van der Waals surface area contributed by atoms with Crippen molar-refractivity contribution in [3.8, 4) is 0 Å². The minimum Gasteiger partial charge on any atom is -0.483 e. The number of hydrogen-bond acceptors (Lipinski definition) is 5. The van der Waals surface area contributed by atoms with Gasteiger partial charge >= 0.3 is 5.97 Å². The molecule has 1 atom stereocenters. The van der Waals surface area contributed by atoms with Crippen molar-refractivity contribution in [1.29, 1.82) is 0 Å². The lowest BCUT2D eigenvalue weighted by Crippen LogP contribution is -2.57. The third-order valence-electron chi connectivity index (χ3n) is 5.00. The molecular weight excluding hydrogens is 340 g/mol. The van der Waals surface area contributed by atoms with Crippen LogP contribution in [-0.2, 0) is 4.79 Å². The van der Waals surface area contributed by atoms with Crippen LogP contribution in [0.5, 0.6) is 0 Å². The minimum absolute atomic E-state index is 0.172. The van der Waals surface area contributed by atoms with Crippen LogP contribution in [0.25, 0.3) is 10.9 Å². The maximum absolute atomic E-state index is 12.6. The molecule has 0 unspecified atom stereocenters. The fraction of sp³-hybridized carbons (Fsp3) is 0.412. The monoisotopic (exact) mass is 360 g/mol. The highest BCUT2D eigenvalue weighted by molar-refractivity contribution is 6.06. The number of carbonyl (C=O) groups excluding carboxylic acids is 1. The number of carboxylic acid groups (broad SMARTS) is 2. The lowest BCUT2D eigenvalue weighted by molar-refractivity contribution is -0.122. The van der Waals surface area contributed by atoms with Crippen molar-refractivity contribution in [3.05, 3.63) is 29.5 Å². The number of H-pyrrole nitrogens is 1. The van der Waals surface area contributed by atoms with Crippen molar-refractivity contribution in [2.45, 2.75) is 18.9 Å². The van der Waals surface area contributed by atoms with Gasteiger partial charge in [0.25, 0.3) is 12.4 Å². The quantitative estimate of drug-likeness (QED) is 0.594. The van der Waals surface area contributed by atoms with Gasteiger partial charge in [-0.05, 0) is 50.0 Å². The topological polar surface area (TPSA) is 136 Å². The molecule has 9 nitrogen and oxygen atoms in total. The number of nitrogens with one attached hydrogen (secondary N) is 2. The van der Waals surface area contributed by atoms with Crippen molar-refractivity contribution < 1.29 is 24.6 Å². The lowest BCUT2D eigenvalue weighted by atomic mass is 9.84. The van der Waals surface area contributed by atoms with Gasteiger partial charge in [-0.3, -0.25) is 14.7 Å². The second kappa shape index (κ2) is 7.52. The molecule has 9 heteroatoms. The van der Waals surface area contributed by atoms with Crippen molar-refractivity contribution in [3.63, 3.8) is 0 Å². The van der Waals surface area contributed by atoms with Gasteiger partial charge in [0.15, 0.2) is 5.69 Å². The SMILES string of the molecule is O=C(O)c1ccc2c(C(=O)N[C@H]3CN4CCC3CC4)n[nH]c2c1.O=CO. The van der Waals surface area contributed by atoms with E-state index in [0.29, 0.717) is 22.5 Å². The molecule has 3 fully saturated rings. The molecular formula is C17H20N4O5. The fourth-order valence-corrected chi connectivity index (χ4v) is 3.69. The van der Waals surface area contributed by atoms with Crippen LogP contribution >= 0.6 is 0 Å². The minimum atomic E-state index is -1.00. The number of fused-ring (bicyclic) bond motifs is 4. The van der Waals surface area contributed by atoms with Crippen LogP contribution in [0.1, 0.15) is 33.7 Å². The van der Waals surface area contributed by atoms with Crippen LogP contribution in [0.3, 0.4) is 0 Å². The van der Waals surface area contributed by atoms with E-state index in [1.807, 2.05) is 0 Å². The molecule has 3 aliphatic heterocycles. The van der Waals surface area contributed by atoms with Gasteiger partial charge in [-0.1, -0.05) is 0 Å². The van der Waals surface area contributed by atoms with E-state index in [9.17, 15) is 9.59 Å². The first-order valence-electron chi connectivity index (χ1n) is 8.36. The molecule has 26 heavy (non-hydrogen) atoms. The zero-order valence-electron chi connectivity index (χ0n) is 14.0. The van der Waals surface area contributed by atoms with Crippen molar-refractivity contribution in [2.75, 3.05) is 19.6 Å². The summed E-state index contributed by atoms with van der Waals surface area (Å²) in [7, 11) is 0. The zero-order chi connectivity index (χ0) is 18.7. The summed E-state index contributed by atoms with van der Waals surface area (Å²) in [6.07, 6.45) is 2.27. The first kappa shape index (κ1) is 17.9. The summed E-state index contributed by atoms with van der Waals surface area (Å²) in [5.41, 5.74) is 1.06. The average molecular weight is 360 g/mol. The molecule has 4 N–H and O–H groups in total. The number of rotatable bonds is 3. The summed E-state index contributed by atoms with van der Waals surface area (Å²) in [6.45, 7) is 2.91. The Morgan fingerprint density at radius 1 is 1.31 bits per heavy atom. The van der Waals surface area contributed by atoms with Gasteiger partial charge in [-0.2, -0.15) is 5.10 Å². The first-order valence-corrected chi connectivity index (χ1v) is 8.36. The number of aromatic nitrogens is 2. The molecule has 3 saturated heterocycles. The summed E-state index contributed by atoms with van der Waals surface area (Å²) >= 11 is 0. The fourth-order valence-electron chi connectivity index (χ4n) is 3.69. The standard InChI is InChI=1S/C16H18N4O3.CH2O2/c21-15(17-13-8-20-5-3-9(13)4-6-20)14-11-2-1-10(16(22)23)7-12(11)18-19-14;2-1-3/h1-2,7,9,13H,3-6,8H2,(H,17,21)(H,18,19)(H,22,23);1H,(H,2,3)/t13-;/m0./s1. The number of hydrogen-bond donors (Lipinski definition) is 4. The van der Waals surface area contributed by atoms with Crippen molar-refractivity contribution >= 4 is 29.3 Å². The molecule has 0 saturated carbocycles. The average Bonchev–Trinajstić information content (AvgIpc) is 3.06. The number of aromatic carboxylic acids is 1. The van der Waals surface area contributed by atoms with Crippen LogP contribution in [0.4, 0.5) is 0 Å². The van der Waals surface area contributed by atoms with Crippen LogP contribution in [0.2, 0.25) is 0 Å². The number of piperidine rings is 3. The molecule has 4 heterocycles. The van der Waals surface area contributed by atoms with E-state index in [2.05, 4.69) is 20.4 Å². The molecule has 5 rings (SSSR count). The number of carboxylic acids is 1. The Hall–Kier alpha value is -2.94. The molecule has 0 spiro atoms. The molecule has 138 valence electrons. The molecule has 2 bridgehead atoms. The number of nitrogens with zero attached hydrogens (tertiary/aromatic N) is 2. The summed E-state index contributed by atoms with van der Waals surface area (Å²) in [5.74, 6) is -0.648. The van der Waals surface area contributed by atoms with E-state index < -0.39 is 5.97 Å². The Morgan fingerprint density at radius 3 is 2.58 bits per heavy atom. The molecule has 1 aromatic carbocycles. The zero-order valence-corrected chi connectivity index (χ0v) is 14.0. The second-order valence-electron chi connectivity index (χ2n) is 6.46. The summed E-state index contributed by atoms with van der Waals surface area (Å²) in [6, 6.07) is 4.80. The van der Waals surface area contributed by atoms with E-state index in [4.69, 9.17) is 15.0 Å². The van der Waals surface area contributed by atoms with Crippen molar-refractivity contribution in [1.82, 2.24) is 20.4 Å². The lowest BCUT2D eigenvalue weighted by Gasteiger charge is -2.44. The molecule has 0 radical (unpaired) electrons. The van der Waals surface area contributed by atoms with Crippen LogP contribution in [0, 0.1) is 5.92 Å². The predicted molar refractivity (Wildman–Crippen MR) is 92.2 cm³/mol. The normalized spacial score (nSPS) is 23.8. The highest BCUT2D eigenvalue weighted by atomic mass is 16.4. The third-order valence-corrected chi connectivity index (χ3v) is 5.00. The van der Waals surface area contributed by atoms with Gasteiger partial charge in [0.1, 0.15) is 0 Å². The number of amides is 1. The van der Waals surface area contributed by atoms with Gasteiger partial charge in [0.2, 0.25) is 0 Å². The smallest absolute Gasteiger partial charge is 0.335 e. The van der Waals surface area contributed by atoms with Crippen LogP contribution in [0.15, 0.2) is 18.2 Å². The predicted octanol–water partition coefficient (Wildman–Crippen LogP) is 0.786. The van der Waals surface area contributed by atoms with Crippen LogP contribution in [-0.4, -0.2) is 69.3 Å². The Morgan fingerprint density at radius 2 is 2.00 bits per heavy atom. The largest absolute Gasteiger partial charge is 0.483 e. The summed E-state index contributed by atoms with van der Waals surface area (Å²) in [5, 5.41) is 26.5. The number of aromatic amines is 1. The maximum atomic E-state index is 12.6. The van der Waals surface area contributed by atoms with Gasteiger partial charge in [-0.15, -0.1) is 0 Å². The van der Waals surface area contributed by atoms with Gasteiger partial charge in [0, 0.05) is 18.0 Å². The number of carbonyl (C=O) groups is 3. The van der Waals surface area contributed by atoms with E-state index >= 15 is 0 Å². The van der Waals surface area contributed by atoms with Crippen molar-refractivity contribution in [2.24, 2.45) is 5.92 Å². The Kier molecular flexibility index (Phi) is 5.17. The molecule has 0 aliphatic carbocycles. The van der Waals surface area contributed by atoms with Gasteiger partial charge in [0.05, 0.1) is 11.1 Å². The second-order valence-corrected chi connectivity index (χ2v) is 6.46. The highest BCUT2D eigenvalue weighted by Gasteiger charge is 2.35. The number of benzene rings is 1. The maximum Gasteiger partial charge on any atom is 0.335 e. The van der Waals surface area contributed by atoms with E-state index in [1.165, 1.54) is 12.1 Å². The van der Waals surface area contributed by atoms with Gasteiger partial charge in [-0.25, -0.2) is 4.79 Å². The molecule has 3 aliphatic rings.